The molecule has 8 heteroatoms. The van der Waals surface area contributed by atoms with Crippen LogP contribution >= 0.6 is 11.3 Å². The highest BCUT2D eigenvalue weighted by molar-refractivity contribution is 7.18. The SMILES string of the molecule is O=C(CC1=CN=CCC1)Nc1nc(-c2ccco2)c(C(=O)C2CCOCC2)s1. The third kappa shape index (κ3) is 4.28. The zero-order chi connectivity index (χ0) is 19.3. The third-order valence-electron chi connectivity index (χ3n) is 4.79. The Kier molecular flexibility index (Phi) is 5.78. The van der Waals surface area contributed by atoms with Gasteiger partial charge in [0.1, 0.15) is 10.6 Å². The van der Waals surface area contributed by atoms with E-state index in [1.165, 1.54) is 11.3 Å². The lowest BCUT2D eigenvalue weighted by Crippen LogP contribution is -2.23. The van der Waals surface area contributed by atoms with E-state index in [-0.39, 0.29) is 24.0 Å². The highest BCUT2D eigenvalue weighted by Gasteiger charge is 2.29. The zero-order valence-corrected chi connectivity index (χ0v) is 16.2. The van der Waals surface area contributed by atoms with Crippen LogP contribution in [0.2, 0.25) is 0 Å². The fourth-order valence-electron chi connectivity index (χ4n) is 3.32. The summed E-state index contributed by atoms with van der Waals surface area (Å²) in [4.78, 5) is 34.6. The number of Topliss-reactive ketones (excluding diaryl/α,β-unsaturated/α-hetero) is 1. The van der Waals surface area contributed by atoms with Crippen LogP contribution in [0, 0.1) is 5.92 Å². The van der Waals surface area contributed by atoms with Crippen molar-refractivity contribution in [1.29, 1.82) is 0 Å². The van der Waals surface area contributed by atoms with Crippen molar-refractivity contribution in [3.63, 3.8) is 0 Å². The molecule has 4 rings (SSSR count). The Labute approximate surface area is 166 Å². The standard InChI is InChI=1S/C20H21N3O4S/c24-16(11-13-3-1-7-21-12-13)22-20-23-17(15-4-2-8-27-15)19(28-20)18(25)14-5-9-26-10-6-14/h2,4,7-8,12,14H,1,3,5-6,9-11H2,(H,22,23,24). The predicted octanol–water partition coefficient (Wildman–Crippen LogP) is 4.09. The maximum atomic E-state index is 13.1. The van der Waals surface area contributed by atoms with Gasteiger partial charge in [-0.1, -0.05) is 11.3 Å². The Morgan fingerprint density at radius 3 is 2.86 bits per heavy atom. The average Bonchev–Trinajstić information content (AvgIpc) is 3.38. The predicted molar refractivity (Wildman–Crippen MR) is 107 cm³/mol. The molecule has 0 spiro atoms. The first kappa shape index (κ1) is 18.8. The molecule has 0 unspecified atom stereocenters. The number of carbonyl (C=O) groups excluding carboxylic acids is 2. The van der Waals surface area contributed by atoms with Crippen molar-refractivity contribution in [2.24, 2.45) is 10.9 Å². The molecule has 146 valence electrons. The van der Waals surface area contributed by atoms with Crippen LogP contribution in [-0.4, -0.2) is 36.1 Å². The van der Waals surface area contributed by atoms with E-state index >= 15 is 0 Å². The Balaban J connectivity index is 1.54. The largest absolute Gasteiger partial charge is 0.463 e. The molecule has 7 nitrogen and oxygen atoms in total. The summed E-state index contributed by atoms with van der Waals surface area (Å²) in [6.07, 6.45) is 8.48. The minimum atomic E-state index is -0.159. The van der Waals surface area contributed by atoms with Crippen LogP contribution in [0.1, 0.15) is 41.8 Å². The molecule has 0 atom stereocenters. The summed E-state index contributed by atoms with van der Waals surface area (Å²) in [7, 11) is 0. The van der Waals surface area contributed by atoms with Gasteiger partial charge in [0.2, 0.25) is 5.91 Å². The van der Waals surface area contributed by atoms with Crippen LogP contribution in [0.4, 0.5) is 5.13 Å². The molecule has 28 heavy (non-hydrogen) atoms. The van der Waals surface area contributed by atoms with Gasteiger partial charge in [0.15, 0.2) is 16.7 Å². The maximum absolute atomic E-state index is 13.1. The van der Waals surface area contributed by atoms with Gasteiger partial charge >= 0.3 is 0 Å². The monoisotopic (exact) mass is 399 g/mol. The van der Waals surface area contributed by atoms with E-state index in [1.54, 1.807) is 24.6 Å². The van der Waals surface area contributed by atoms with Gasteiger partial charge in [0.25, 0.3) is 0 Å². The topological polar surface area (TPSA) is 93.8 Å². The third-order valence-corrected chi connectivity index (χ3v) is 5.77. The average molecular weight is 399 g/mol. The summed E-state index contributed by atoms with van der Waals surface area (Å²) in [6.45, 7) is 1.18. The Bertz CT molecular complexity index is 908. The molecule has 0 bridgehead atoms. The molecule has 0 radical (unpaired) electrons. The van der Waals surface area contributed by atoms with Gasteiger partial charge in [-0.05, 0) is 43.4 Å². The smallest absolute Gasteiger partial charge is 0.230 e. The van der Waals surface area contributed by atoms with Crippen LogP contribution in [0.25, 0.3) is 11.5 Å². The quantitative estimate of drug-likeness (QED) is 0.739. The summed E-state index contributed by atoms with van der Waals surface area (Å²) in [5, 5.41) is 3.24. The van der Waals surface area contributed by atoms with Crippen LogP contribution < -0.4 is 5.32 Å². The van der Waals surface area contributed by atoms with Crippen LogP contribution in [0.5, 0.6) is 0 Å². The van der Waals surface area contributed by atoms with Gasteiger partial charge in [-0.2, -0.15) is 0 Å². The highest BCUT2D eigenvalue weighted by Crippen LogP contribution is 2.35. The minimum absolute atomic E-state index is 0.0389. The molecule has 0 aliphatic carbocycles. The molecule has 1 amide bonds. The summed E-state index contributed by atoms with van der Waals surface area (Å²) in [6, 6.07) is 3.53. The van der Waals surface area contributed by atoms with Crippen LogP contribution in [-0.2, 0) is 9.53 Å². The van der Waals surface area contributed by atoms with Crippen LogP contribution in [0.15, 0.2) is 39.6 Å². The van der Waals surface area contributed by atoms with E-state index in [2.05, 4.69) is 15.3 Å². The molecular formula is C20H21N3O4S. The molecule has 2 aliphatic heterocycles. The van der Waals surface area contributed by atoms with Crippen molar-refractivity contribution in [2.75, 3.05) is 18.5 Å². The Hall–Kier alpha value is -2.58. The van der Waals surface area contributed by atoms with Crippen molar-refractivity contribution < 1.29 is 18.7 Å². The molecule has 1 fully saturated rings. The summed E-state index contributed by atoms with van der Waals surface area (Å²) < 4.78 is 10.8. The Morgan fingerprint density at radius 2 is 2.14 bits per heavy atom. The zero-order valence-electron chi connectivity index (χ0n) is 15.3. The number of aliphatic imine (C=N–C) groups is 1. The molecule has 2 aromatic heterocycles. The maximum Gasteiger partial charge on any atom is 0.230 e. The van der Waals surface area contributed by atoms with E-state index in [0.29, 0.717) is 47.5 Å². The van der Waals surface area contributed by atoms with Crippen LogP contribution in [0.3, 0.4) is 0 Å². The second-order valence-electron chi connectivity index (χ2n) is 6.81. The lowest BCUT2D eigenvalue weighted by molar-refractivity contribution is -0.115. The van der Waals surface area contributed by atoms with Gasteiger partial charge in [0, 0.05) is 38.0 Å². The summed E-state index contributed by atoms with van der Waals surface area (Å²) in [5.74, 6) is 0.318. The number of anilines is 1. The first-order valence-corrected chi connectivity index (χ1v) is 10.2. The summed E-state index contributed by atoms with van der Waals surface area (Å²) >= 11 is 1.21. The number of nitrogens with zero attached hydrogens (tertiary/aromatic N) is 2. The van der Waals surface area contributed by atoms with Gasteiger partial charge in [-0.25, -0.2) is 4.98 Å². The number of rotatable bonds is 6. The minimum Gasteiger partial charge on any atom is -0.463 e. The number of nitrogens with one attached hydrogen (secondary N) is 1. The fourth-order valence-corrected chi connectivity index (χ4v) is 4.32. The van der Waals surface area contributed by atoms with Gasteiger partial charge in [-0.15, -0.1) is 0 Å². The van der Waals surface area contributed by atoms with Crippen molar-refractivity contribution in [1.82, 2.24) is 4.98 Å². The number of carbonyl (C=O) groups is 2. The number of ketones is 1. The number of hydrogen-bond donors (Lipinski definition) is 1. The first-order valence-electron chi connectivity index (χ1n) is 9.37. The van der Waals surface area contributed by atoms with E-state index in [1.807, 2.05) is 6.21 Å². The normalized spacial score (nSPS) is 17.4. The fraction of sp³-hybridized carbons (Fsp3) is 0.400. The molecule has 0 aromatic carbocycles. The highest BCUT2D eigenvalue weighted by atomic mass is 32.1. The molecule has 2 aromatic rings. The number of aromatic nitrogens is 1. The number of hydrogen-bond acceptors (Lipinski definition) is 7. The second-order valence-corrected chi connectivity index (χ2v) is 7.81. The Morgan fingerprint density at radius 1 is 1.29 bits per heavy atom. The lowest BCUT2D eigenvalue weighted by Gasteiger charge is -2.20. The number of amides is 1. The molecular weight excluding hydrogens is 378 g/mol. The first-order chi connectivity index (χ1) is 13.7. The number of ether oxygens (including phenoxy) is 1. The molecule has 2 aliphatic rings. The van der Waals surface area contributed by atoms with Gasteiger partial charge in [0.05, 0.1) is 6.26 Å². The molecule has 1 N–H and O–H groups in total. The van der Waals surface area contributed by atoms with E-state index in [4.69, 9.17) is 9.15 Å². The van der Waals surface area contributed by atoms with Gasteiger partial charge in [-0.3, -0.25) is 14.6 Å². The number of thiazole rings is 1. The van der Waals surface area contributed by atoms with Crippen molar-refractivity contribution >= 4 is 34.4 Å². The van der Waals surface area contributed by atoms with Crippen molar-refractivity contribution in [3.05, 3.63) is 35.0 Å². The van der Waals surface area contributed by atoms with Crippen molar-refractivity contribution in [3.8, 4) is 11.5 Å². The molecule has 1 saturated heterocycles. The number of furan rings is 1. The lowest BCUT2D eigenvalue weighted by atomic mass is 9.94. The van der Waals surface area contributed by atoms with E-state index < -0.39 is 0 Å². The van der Waals surface area contributed by atoms with E-state index in [9.17, 15) is 9.59 Å². The van der Waals surface area contributed by atoms with E-state index in [0.717, 1.165) is 18.4 Å². The summed E-state index contributed by atoms with van der Waals surface area (Å²) in [5.41, 5.74) is 1.48. The van der Waals surface area contributed by atoms with Crippen molar-refractivity contribution in [2.45, 2.75) is 32.1 Å². The molecule has 4 heterocycles. The second kappa shape index (κ2) is 8.62. The van der Waals surface area contributed by atoms with Gasteiger partial charge < -0.3 is 14.5 Å². The molecule has 0 saturated carbocycles.